The largest absolute Gasteiger partial charge is 0.504 e. The van der Waals surface area contributed by atoms with E-state index in [-0.39, 0.29) is 17.7 Å². The Morgan fingerprint density at radius 2 is 1.65 bits per heavy atom. The van der Waals surface area contributed by atoms with Crippen LogP contribution in [0.2, 0.25) is 0 Å². The van der Waals surface area contributed by atoms with Gasteiger partial charge in [0.2, 0.25) is 17.3 Å². The van der Waals surface area contributed by atoms with Crippen LogP contribution in [-0.4, -0.2) is 32.2 Å². The Hall–Kier alpha value is -3.22. The highest BCUT2D eigenvalue weighted by molar-refractivity contribution is 6.37. The smallest absolute Gasteiger partial charge is 0.380 e. The van der Waals surface area contributed by atoms with E-state index in [2.05, 4.69) is 0 Å². The van der Waals surface area contributed by atoms with E-state index in [0.717, 1.165) is 6.07 Å². The van der Waals surface area contributed by atoms with Gasteiger partial charge in [0.15, 0.2) is 11.5 Å². The third kappa shape index (κ3) is 2.32. The van der Waals surface area contributed by atoms with Gasteiger partial charge in [0.25, 0.3) is 0 Å². The lowest BCUT2D eigenvalue weighted by Gasteiger charge is -2.23. The predicted octanol–water partition coefficient (Wildman–Crippen LogP) is 1.32. The van der Waals surface area contributed by atoms with Gasteiger partial charge in [0.05, 0.1) is 5.92 Å². The Labute approximate surface area is 130 Å². The topological polar surface area (TPSA) is 124 Å². The molecule has 3 rings (SSSR count). The van der Waals surface area contributed by atoms with Crippen LogP contribution < -0.4 is 4.74 Å². The summed E-state index contributed by atoms with van der Waals surface area (Å²) in [5, 5.41) is 38.4. The third-order valence-electron chi connectivity index (χ3n) is 3.75. The van der Waals surface area contributed by atoms with Gasteiger partial charge in [-0.1, -0.05) is 18.2 Å². The van der Waals surface area contributed by atoms with Crippen molar-refractivity contribution in [1.82, 2.24) is 0 Å². The van der Waals surface area contributed by atoms with Gasteiger partial charge in [0.1, 0.15) is 5.75 Å². The third-order valence-corrected chi connectivity index (χ3v) is 3.75. The summed E-state index contributed by atoms with van der Waals surface area (Å²) in [5.74, 6) is -5.55. The molecule has 0 radical (unpaired) electrons. The SMILES string of the molecule is O=C1Oc2ccccc2C(Cc2cc(O)c(O)c(O)c2O)C1=O. The number of ether oxygens (including phenoxy) is 1. The van der Waals surface area contributed by atoms with Crippen molar-refractivity contribution in [2.75, 3.05) is 0 Å². The number of aromatic hydroxyl groups is 4. The number of fused-ring (bicyclic) bond motifs is 1. The number of hydrogen-bond acceptors (Lipinski definition) is 7. The molecule has 4 N–H and O–H groups in total. The number of phenols is 4. The second kappa shape index (κ2) is 5.20. The molecule has 2 aromatic carbocycles. The van der Waals surface area contributed by atoms with E-state index >= 15 is 0 Å². The van der Waals surface area contributed by atoms with E-state index < -0.39 is 40.7 Å². The van der Waals surface area contributed by atoms with Gasteiger partial charge in [-0.3, -0.25) is 4.79 Å². The van der Waals surface area contributed by atoms with Crippen LogP contribution in [0.1, 0.15) is 17.0 Å². The quantitative estimate of drug-likeness (QED) is 0.216. The molecule has 0 spiro atoms. The summed E-state index contributed by atoms with van der Waals surface area (Å²) in [4.78, 5) is 23.8. The van der Waals surface area contributed by atoms with Crippen LogP contribution in [0.4, 0.5) is 0 Å². The predicted molar refractivity (Wildman–Crippen MR) is 76.6 cm³/mol. The van der Waals surface area contributed by atoms with Crippen LogP contribution in [0.15, 0.2) is 30.3 Å². The van der Waals surface area contributed by atoms with Crippen molar-refractivity contribution >= 4 is 11.8 Å². The molecule has 0 aromatic heterocycles. The Morgan fingerprint density at radius 1 is 0.957 bits per heavy atom. The number of Topliss-reactive ketones (excluding diaryl/α,β-unsaturated/α-hetero) is 1. The Morgan fingerprint density at radius 3 is 2.39 bits per heavy atom. The number of esters is 1. The highest BCUT2D eigenvalue weighted by Crippen LogP contribution is 2.46. The lowest BCUT2D eigenvalue weighted by atomic mass is 9.86. The minimum Gasteiger partial charge on any atom is -0.504 e. The van der Waals surface area contributed by atoms with Crippen molar-refractivity contribution in [3.05, 3.63) is 41.5 Å². The fourth-order valence-corrected chi connectivity index (χ4v) is 2.56. The Bertz CT molecular complexity index is 825. The van der Waals surface area contributed by atoms with Gasteiger partial charge in [-0.2, -0.15) is 0 Å². The lowest BCUT2D eigenvalue weighted by Crippen LogP contribution is -2.32. The number of rotatable bonds is 2. The fourth-order valence-electron chi connectivity index (χ4n) is 2.56. The van der Waals surface area contributed by atoms with Crippen molar-refractivity contribution in [2.24, 2.45) is 0 Å². The molecule has 0 amide bonds. The summed E-state index contributed by atoms with van der Waals surface area (Å²) in [6.07, 6.45) is -0.155. The van der Waals surface area contributed by atoms with Crippen LogP contribution in [0.3, 0.4) is 0 Å². The second-order valence-corrected chi connectivity index (χ2v) is 5.15. The van der Waals surface area contributed by atoms with Crippen molar-refractivity contribution in [3.8, 4) is 28.7 Å². The number of para-hydroxylation sites is 1. The molecule has 1 aliphatic rings. The summed E-state index contributed by atoms with van der Waals surface area (Å²) in [5.41, 5.74) is 0.476. The normalized spacial score (nSPS) is 16.8. The zero-order valence-electron chi connectivity index (χ0n) is 11.7. The van der Waals surface area contributed by atoms with Gasteiger partial charge in [0, 0.05) is 11.1 Å². The van der Waals surface area contributed by atoms with E-state index in [9.17, 15) is 30.0 Å². The molecule has 0 saturated carbocycles. The summed E-state index contributed by atoms with van der Waals surface area (Å²) in [6.45, 7) is 0. The highest BCUT2D eigenvalue weighted by Gasteiger charge is 2.36. The summed E-state index contributed by atoms with van der Waals surface area (Å²) in [7, 11) is 0. The molecule has 2 aromatic rings. The van der Waals surface area contributed by atoms with Crippen molar-refractivity contribution in [3.63, 3.8) is 0 Å². The second-order valence-electron chi connectivity index (χ2n) is 5.15. The van der Waals surface area contributed by atoms with Gasteiger partial charge in [-0.15, -0.1) is 0 Å². The number of phenolic OH excluding ortho intramolecular Hbond substituents is 4. The van der Waals surface area contributed by atoms with Gasteiger partial charge < -0.3 is 25.2 Å². The molecule has 7 heteroatoms. The molecule has 1 heterocycles. The van der Waals surface area contributed by atoms with E-state index in [4.69, 9.17) is 4.74 Å². The average Bonchev–Trinajstić information content (AvgIpc) is 2.54. The van der Waals surface area contributed by atoms with Crippen LogP contribution in [0, 0.1) is 0 Å². The van der Waals surface area contributed by atoms with Crippen LogP contribution in [0.5, 0.6) is 28.7 Å². The first-order chi connectivity index (χ1) is 10.9. The van der Waals surface area contributed by atoms with E-state index in [0.29, 0.717) is 5.56 Å². The van der Waals surface area contributed by atoms with Crippen LogP contribution in [-0.2, 0) is 16.0 Å². The number of hydrogen-bond donors (Lipinski definition) is 4. The summed E-state index contributed by atoms with van der Waals surface area (Å²) >= 11 is 0. The maximum Gasteiger partial charge on any atom is 0.380 e. The summed E-state index contributed by atoms with van der Waals surface area (Å²) in [6, 6.07) is 7.50. The van der Waals surface area contributed by atoms with E-state index in [1.54, 1.807) is 18.2 Å². The molecule has 0 saturated heterocycles. The highest BCUT2D eigenvalue weighted by atomic mass is 16.5. The summed E-state index contributed by atoms with van der Waals surface area (Å²) < 4.78 is 4.92. The molecule has 0 fully saturated rings. The fraction of sp³-hybridized carbons (Fsp3) is 0.125. The Kier molecular flexibility index (Phi) is 3.33. The first-order valence-corrected chi connectivity index (χ1v) is 6.70. The molecule has 0 bridgehead atoms. The van der Waals surface area contributed by atoms with Crippen molar-refractivity contribution in [2.45, 2.75) is 12.3 Å². The molecular weight excluding hydrogens is 304 g/mol. The number of benzene rings is 2. The zero-order chi connectivity index (χ0) is 16.7. The van der Waals surface area contributed by atoms with Crippen LogP contribution in [0.25, 0.3) is 0 Å². The maximum absolute atomic E-state index is 12.1. The average molecular weight is 316 g/mol. The standard InChI is InChI=1S/C16H12O7/c17-10-6-7(12(18)15(21)14(10)20)5-9-8-3-1-2-4-11(8)23-16(22)13(9)19/h1-4,6,9,17-18,20-21H,5H2. The van der Waals surface area contributed by atoms with Crippen molar-refractivity contribution in [1.29, 1.82) is 0 Å². The first kappa shape index (κ1) is 14.7. The van der Waals surface area contributed by atoms with Crippen molar-refractivity contribution < 1.29 is 34.8 Å². The number of ketones is 1. The lowest BCUT2D eigenvalue weighted by molar-refractivity contribution is -0.149. The monoisotopic (exact) mass is 316 g/mol. The number of carbonyl (C=O) groups excluding carboxylic acids is 2. The molecule has 1 atom stereocenters. The molecule has 1 aliphatic heterocycles. The molecule has 118 valence electrons. The first-order valence-electron chi connectivity index (χ1n) is 6.70. The molecule has 23 heavy (non-hydrogen) atoms. The minimum absolute atomic E-state index is 0.0145. The van der Waals surface area contributed by atoms with Gasteiger partial charge in [-0.25, -0.2) is 4.79 Å². The van der Waals surface area contributed by atoms with Crippen LogP contribution >= 0.6 is 0 Å². The zero-order valence-corrected chi connectivity index (χ0v) is 11.7. The molecule has 0 aliphatic carbocycles. The minimum atomic E-state index is -1.01. The molecule has 1 unspecified atom stereocenters. The van der Waals surface area contributed by atoms with Gasteiger partial charge in [-0.05, 0) is 18.6 Å². The molecular formula is C16H12O7. The Balaban J connectivity index is 2.06. The van der Waals surface area contributed by atoms with E-state index in [1.165, 1.54) is 6.07 Å². The molecule has 7 nitrogen and oxygen atoms in total. The van der Waals surface area contributed by atoms with Gasteiger partial charge >= 0.3 is 5.97 Å². The number of carbonyl (C=O) groups is 2. The van der Waals surface area contributed by atoms with E-state index in [1.807, 2.05) is 0 Å². The maximum atomic E-state index is 12.1.